The van der Waals surface area contributed by atoms with Crippen molar-refractivity contribution in [1.29, 1.82) is 5.26 Å². The zero-order chi connectivity index (χ0) is 12.7. The van der Waals surface area contributed by atoms with E-state index in [1.54, 1.807) is 0 Å². The van der Waals surface area contributed by atoms with Gasteiger partial charge in [-0.05, 0) is 17.5 Å². The largest absolute Gasteiger partial charge is 0.389 e. The molecule has 0 amide bonds. The number of nitrogens with two attached hydrogens (primary N) is 1. The van der Waals surface area contributed by atoms with Gasteiger partial charge in [0.15, 0.2) is 0 Å². The first-order valence-electron chi connectivity index (χ1n) is 5.07. The molecule has 0 unspecified atom stereocenters. The van der Waals surface area contributed by atoms with Crippen LogP contribution in [0.15, 0.2) is 6.07 Å². The van der Waals surface area contributed by atoms with Gasteiger partial charge in [0.25, 0.3) is 0 Å². The summed E-state index contributed by atoms with van der Waals surface area (Å²) in [5, 5.41) is 10.4. The highest BCUT2D eigenvalue weighted by Gasteiger charge is 2.21. The summed E-state index contributed by atoms with van der Waals surface area (Å²) < 4.78 is 14.2. The molecule has 0 aliphatic rings. The summed E-state index contributed by atoms with van der Waals surface area (Å²) in [7, 11) is 0. The predicted octanol–water partition coefficient (Wildman–Crippen LogP) is 4.27. The van der Waals surface area contributed by atoms with Crippen LogP contribution in [0.25, 0.3) is 10.1 Å². The van der Waals surface area contributed by atoms with E-state index in [0.29, 0.717) is 25.7 Å². The van der Waals surface area contributed by atoms with Crippen LogP contribution in [0.1, 0.15) is 30.9 Å². The summed E-state index contributed by atoms with van der Waals surface area (Å²) in [6, 6.07) is 3.32. The van der Waals surface area contributed by atoms with E-state index >= 15 is 0 Å². The molecule has 1 aromatic heterocycles. The molecule has 17 heavy (non-hydrogen) atoms. The number of nitrogens with zero attached hydrogens (tertiary/aromatic N) is 1. The van der Waals surface area contributed by atoms with Crippen molar-refractivity contribution in [3.63, 3.8) is 0 Å². The maximum Gasteiger partial charge on any atom is 0.142 e. The summed E-state index contributed by atoms with van der Waals surface area (Å²) in [6.45, 7) is 3.90. The topological polar surface area (TPSA) is 49.8 Å². The van der Waals surface area contributed by atoms with Crippen LogP contribution in [0, 0.1) is 17.1 Å². The van der Waals surface area contributed by atoms with Crippen molar-refractivity contribution >= 4 is 38.0 Å². The van der Waals surface area contributed by atoms with Crippen LogP contribution >= 0.6 is 22.9 Å². The Labute approximate surface area is 107 Å². The Morgan fingerprint density at radius 3 is 2.71 bits per heavy atom. The Morgan fingerprint density at radius 2 is 2.18 bits per heavy atom. The highest BCUT2D eigenvalue weighted by Crippen LogP contribution is 2.42. The smallest absolute Gasteiger partial charge is 0.142 e. The highest BCUT2D eigenvalue weighted by atomic mass is 35.5. The standard InChI is InChI=1S/C12H10ClFN2S/c1-5(2)9-7(13)3-8(14)11-10(9)6(4-15)12(16)17-11/h3,5H,16H2,1-2H3. The van der Waals surface area contributed by atoms with E-state index in [-0.39, 0.29) is 5.92 Å². The van der Waals surface area contributed by atoms with E-state index in [1.807, 2.05) is 19.9 Å². The van der Waals surface area contributed by atoms with Gasteiger partial charge >= 0.3 is 0 Å². The minimum atomic E-state index is -0.424. The fourth-order valence-electron chi connectivity index (χ4n) is 1.92. The molecule has 5 heteroatoms. The normalized spacial score (nSPS) is 11.1. The van der Waals surface area contributed by atoms with Crippen LogP contribution < -0.4 is 5.73 Å². The minimum absolute atomic E-state index is 0.103. The van der Waals surface area contributed by atoms with Crippen molar-refractivity contribution in [2.45, 2.75) is 19.8 Å². The van der Waals surface area contributed by atoms with E-state index in [1.165, 1.54) is 6.07 Å². The Morgan fingerprint density at radius 1 is 1.53 bits per heavy atom. The second-order valence-electron chi connectivity index (χ2n) is 4.07. The SMILES string of the molecule is CC(C)c1c(Cl)cc(F)c2sc(N)c(C#N)c12. The Hall–Kier alpha value is -1.31. The number of anilines is 1. The maximum atomic E-state index is 13.8. The first-order chi connectivity index (χ1) is 7.97. The number of halogens is 2. The fraction of sp³-hybridized carbons (Fsp3) is 0.250. The summed E-state index contributed by atoms with van der Waals surface area (Å²) >= 11 is 7.15. The van der Waals surface area contributed by atoms with Crippen LogP contribution in [0.2, 0.25) is 5.02 Å². The van der Waals surface area contributed by atoms with Crippen LogP contribution in [-0.4, -0.2) is 0 Å². The van der Waals surface area contributed by atoms with Gasteiger partial charge in [0.05, 0.1) is 10.3 Å². The molecule has 2 aromatic rings. The summed E-state index contributed by atoms with van der Waals surface area (Å²) in [5.41, 5.74) is 6.85. The maximum absolute atomic E-state index is 13.8. The minimum Gasteiger partial charge on any atom is -0.389 e. The lowest BCUT2D eigenvalue weighted by Gasteiger charge is -2.10. The number of nitrogen functional groups attached to an aromatic ring is 1. The van der Waals surface area contributed by atoms with Crippen molar-refractivity contribution < 1.29 is 4.39 Å². The van der Waals surface area contributed by atoms with Gasteiger partial charge in [0.2, 0.25) is 0 Å². The van der Waals surface area contributed by atoms with Gasteiger partial charge < -0.3 is 5.73 Å². The molecule has 0 bridgehead atoms. The molecule has 0 radical (unpaired) electrons. The van der Waals surface area contributed by atoms with Crippen molar-refractivity contribution in [2.24, 2.45) is 0 Å². The van der Waals surface area contributed by atoms with Crippen LogP contribution in [0.5, 0.6) is 0 Å². The average Bonchev–Trinajstić information content (AvgIpc) is 2.54. The second kappa shape index (κ2) is 4.17. The van der Waals surface area contributed by atoms with Gasteiger partial charge in [-0.25, -0.2) is 4.39 Å². The van der Waals surface area contributed by atoms with Crippen LogP contribution in [0.4, 0.5) is 9.39 Å². The molecule has 0 saturated heterocycles. The van der Waals surface area contributed by atoms with E-state index in [2.05, 4.69) is 0 Å². The van der Waals surface area contributed by atoms with Gasteiger partial charge in [-0.3, -0.25) is 0 Å². The number of rotatable bonds is 1. The molecule has 0 fully saturated rings. The van der Waals surface area contributed by atoms with E-state index in [4.69, 9.17) is 22.6 Å². The predicted molar refractivity (Wildman–Crippen MR) is 70.0 cm³/mol. The molecular weight excluding hydrogens is 259 g/mol. The van der Waals surface area contributed by atoms with Crippen molar-refractivity contribution in [3.8, 4) is 6.07 Å². The molecule has 0 aliphatic heterocycles. The number of hydrogen-bond acceptors (Lipinski definition) is 3. The first-order valence-corrected chi connectivity index (χ1v) is 6.26. The quantitative estimate of drug-likeness (QED) is 0.840. The van der Waals surface area contributed by atoms with Gasteiger partial charge in [0.1, 0.15) is 16.9 Å². The lowest BCUT2D eigenvalue weighted by atomic mass is 9.97. The molecule has 2 rings (SSSR count). The fourth-order valence-corrected chi connectivity index (χ4v) is 3.27. The highest BCUT2D eigenvalue weighted by molar-refractivity contribution is 7.23. The Kier molecular flexibility index (Phi) is 2.98. The number of thiophene rings is 1. The number of hydrogen-bond donors (Lipinski definition) is 1. The third-order valence-electron chi connectivity index (χ3n) is 2.62. The van der Waals surface area contributed by atoms with Gasteiger partial charge in [-0.1, -0.05) is 25.4 Å². The molecule has 0 atom stereocenters. The molecule has 0 spiro atoms. The van der Waals surface area contributed by atoms with Gasteiger partial charge in [-0.15, -0.1) is 11.3 Å². The Balaban J connectivity index is 3.03. The second-order valence-corrected chi connectivity index (χ2v) is 5.53. The molecule has 2 nitrogen and oxygen atoms in total. The average molecular weight is 269 g/mol. The first kappa shape index (κ1) is 12.2. The monoisotopic (exact) mass is 268 g/mol. The number of benzene rings is 1. The van der Waals surface area contributed by atoms with Crippen LogP contribution in [0.3, 0.4) is 0 Å². The molecule has 1 aromatic carbocycles. The molecule has 0 saturated carbocycles. The molecular formula is C12H10ClFN2S. The molecule has 1 heterocycles. The third-order valence-corrected chi connectivity index (χ3v) is 3.96. The Bertz CT molecular complexity index is 640. The van der Waals surface area contributed by atoms with E-state index in [9.17, 15) is 4.39 Å². The van der Waals surface area contributed by atoms with Gasteiger partial charge in [-0.2, -0.15) is 5.26 Å². The molecule has 0 aliphatic carbocycles. The summed E-state index contributed by atoms with van der Waals surface area (Å²) in [5.74, 6) is -0.320. The summed E-state index contributed by atoms with van der Waals surface area (Å²) in [6.07, 6.45) is 0. The number of nitriles is 1. The lowest BCUT2D eigenvalue weighted by molar-refractivity contribution is 0.641. The zero-order valence-corrected chi connectivity index (χ0v) is 10.9. The molecule has 88 valence electrons. The zero-order valence-electron chi connectivity index (χ0n) is 9.34. The van der Waals surface area contributed by atoms with Crippen molar-refractivity contribution in [2.75, 3.05) is 5.73 Å². The number of fused-ring (bicyclic) bond motifs is 1. The van der Waals surface area contributed by atoms with E-state index < -0.39 is 5.82 Å². The van der Waals surface area contributed by atoms with Crippen molar-refractivity contribution in [1.82, 2.24) is 0 Å². The van der Waals surface area contributed by atoms with Crippen LogP contribution in [-0.2, 0) is 0 Å². The molecule has 2 N–H and O–H groups in total. The van der Waals surface area contributed by atoms with E-state index in [0.717, 1.165) is 16.9 Å². The summed E-state index contributed by atoms with van der Waals surface area (Å²) in [4.78, 5) is 0. The van der Waals surface area contributed by atoms with Gasteiger partial charge in [0, 0.05) is 10.4 Å². The lowest BCUT2D eigenvalue weighted by Crippen LogP contribution is -1.94. The van der Waals surface area contributed by atoms with Crippen molar-refractivity contribution in [3.05, 3.63) is 28.0 Å². The third kappa shape index (κ3) is 1.76.